The largest absolute Gasteiger partial charge is 0.496 e. The van der Waals surface area contributed by atoms with Gasteiger partial charge < -0.3 is 38.5 Å². The maximum Gasteiger partial charge on any atom is 0.336 e. The quantitative estimate of drug-likeness (QED) is 0.353. The van der Waals surface area contributed by atoms with Crippen LogP contribution in [0.1, 0.15) is 42.1 Å². The van der Waals surface area contributed by atoms with Crippen molar-refractivity contribution in [1.29, 1.82) is 0 Å². The number of methoxy groups -OCH3 is 6. The normalized spacial score (nSPS) is 22.4. The van der Waals surface area contributed by atoms with Crippen molar-refractivity contribution < 1.29 is 47.5 Å². The average molecular weight is 614 g/mol. The Morgan fingerprint density at radius 3 is 2.05 bits per heavy atom. The molecular formula is C31H32ClNO10. The van der Waals surface area contributed by atoms with E-state index >= 15 is 0 Å². The number of benzene rings is 2. The number of nitrogens with one attached hydrogen (secondary N) is 1. The molecule has 0 saturated carbocycles. The summed E-state index contributed by atoms with van der Waals surface area (Å²) in [6.45, 7) is 3.48. The molecule has 2 aromatic rings. The van der Waals surface area contributed by atoms with Gasteiger partial charge in [-0.25, -0.2) is 4.79 Å². The summed E-state index contributed by atoms with van der Waals surface area (Å²) < 4.78 is 39.1. The zero-order valence-corrected chi connectivity index (χ0v) is 25.8. The fraction of sp³-hybridized carbons (Fsp3) is 0.387. The van der Waals surface area contributed by atoms with Gasteiger partial charge in [-0.1, -0.05) is 18.5 Å². The highest BCUT2D eigenvalue weighted by Gasteiger charge is 2.64. The Morgan fingerprint density at radius 1 is 0.884 bits per heavy atom. The van der Waals surface area contributed by atoms with Gasteiger partial charge in [0.15, 0.2) is 17.2 Å². The third-order valence-corrected chi connectivity index (χ3v) is 8.66. The van der Waals surface area contributed by atoms with Crippen molar-refractivity contribution in [2.75, 3.05) is 42.7 Å². The molecule has 0 radical (unpaired) electrons. The van der Waals surface area contributed by atoms with Crippen LogP contribution in [0.25, 0.3) is 0 Å². The fourth-order valence-electron chi connectivity index (χ4n) is 6.24. The number of ether oxygens (including phenoxy) is 7. The lowest BCUT2D eigenvalue weighted by atomic mass is 9.65. The van der Waals surface area contributed by atoms with Crippen molar-refractivity contribution in [3.63, 3.8) is 0 Å². The molecule has 0 bridgehead atoms. The van der Waals surface area contributed by atoms with E-state index in [4.69, 9.17) is 44.8 Å². The first-order chi connectivity index (χ1) is 20.5. The molecule has 0 amide bonds. The van der Waals surface area contributed by atoms with Crippen molar-refractivity contribution in [1.82, 2.24) is 5.32 Å². The minimum atomic E-state index is -2.00. The van der Waals surface area contributed by atoms with Crippen LogP contribution in [0.3, 0.4) is 0 Å². The molecule has 1 spiro atoms. The third kappa shape index (κ3) is 4.20. The number of carbonyl (C=O) groups excluding carboxylic acids is 3. The van der Waals surface area contributed by atoms with E-state index in [1.807, 2.05) is 0 Å². The van der Waals surface area contributed by atoms with Gasteiger partial charge in [0.25, 0.3) is 0 Å². The summed E-state index contributed by atoms with van der Waals surface area (Å²) in [6, 6.07) is 4.73. The Morgan fingerprint density at radius 2 is 1.47 bits per heavy atom. The van der Waals surface area contributed by atoms with E-state index in [1.165, 1.54) is 48.7 Å². The molecule has 2 aromatic carbocycles. The summed E-state index contributed by atoms with van der Waals surface area (Å²) in [5.41, 5.74) is -0.199. The van der Waals surface area contributed by atoms with Gasteiger partial charge in [-0.05, 0) is 19.4 Å². The Labute approximate surface area is 253 Å². The Bertz CT molecular complexity index is 1630. The second kappa shape index (κ2) is 11.0. The van der Waals surface area contributed by atoms with Crippen LogP contribution >= 0.6 is 11.6 Å². The van der Waals surface area contributed by atoms with E-state index in [-0.39, 0.29) is 45.4 Å². The topological polar surface area (TPSA) is 128 Å². The summed E-state index contributed by atoms with van der Waals surface area (Å²) in [7, 11) is 8.49. The van der Waals surface area contributed by atoms with Crippen LogP contribution in [0.5, 0.6) is 34.5 Å². The number of Topliss-reactive ketones (excluding diaryl/α,β-unsaturated/α-hetero) is 2. The molecule has 5 rings (SSSR count). The minimum absolute atomic E-state index is 0.00366. The lowest BCUT2D eigenvalue weighted by molar-refractivity contribution is -0.136. The van der Waals surface area contributed by atoms with Crippen LogP contribution in [0, 0.1) is 5.92 Å². The molecule has 0 saturated heterocycles. The predicted octanol–water partition coefficient (Wildman–Crippen LogP) is 4.39. The van der Waals surface area contributed by atoms with Crippen LogP contribution < -0.4 is 33.7 Å². The number of hydrogen-bond acceptors (Lipinski definition) is 11. The van der Waals surface area contributed by atoms with Crippen molar-refractivity contribution >= 4 is 29.1 Å². The molecule has 228 valence electrons. The van der Waals surface area contributed by atoms with Crippen molar-refractivity contribution in [2.45, 2.75) is 31.8 Å². The maximum absolute atomic E-state index is 14.9. The highest BCUT2D eigenvalue weighted by molar-refractivity contribution is 6.36. The van der Waals surface area contributed by atoms with Gasteiger partial charge >= 0.3 is 5.97 Å². The SMILES string of the molecule is COC(=O)C1=C(C)NC2=C(C(=O)[C@@]3(Oc4c(Cl)c(OC)cc(OC)c4C3=O)[C@H](C)C2)[C@H]1c1cc(OC)c(OC)cc1OC. The number of fused-ring (bicyclic) bond motifs is 1. The molecule has 3 aliphatic rings. The van der Waals surface area contributed by atoms with Gasteiger partial charge in [-0.3, -0.25) is 9.59 Å². The molecule has 3 atom stereocenters. The summed E-state index contributed by atoms with van der Waals surface area (Å²) >= 11 is 6.61. The van der Waals surface area contributed by atoms with Gasteiger partial charge in [0.05, 0.1) is 54.1 Å². The summed E-state index contributed by atoms with van der Waals surface area (Å²) in [6.07, 6.45) is 0.232. The van der Waals surface area contributed by atoms with Crippen molar-refractivity contribution in [3.8, 4) is 34.5 Å². The Balaban J connectivity index is 1.77. The van der Waals surface area contributed by atoms with E-state index in [0.29, 0.717) is 34.2 Å². The van der Waals surface area contributed by atoms with Gasteiger partial charge in [-0.15, -0.1) is 0 Å². The predicted molar refractivity (Wildman–Crippen MR) is 155 cm³/mol. The zero-order chi connectivity index (χ0) is 31.4. The second-order valence-electron chi connectivity index (χ2n) is 10.3. The van der Waals surface area contributed by atoms with E-state index in [9.17, 15) is 14.4 Å². The molecule has 0 fully saturated rings. The fourth-order valence-corrected chi connectivity index (χ4v) is 6.51. The first kappa shape index (κ1) is 30.1. The van der Waals surface area contributed by atoms with Crippen LogP contribution in [0.15, 0.2) is 40.7 Å². The van der Waals surface area contributed by atoms with Crippen molar-refractivity contribution in [3.05, 3.63) is 56.9 Å². The van der Waals surface area contributed by atoms with Gasteiger partial charge in [0.2, 0.25) is 17.2 Å². The smallest absolute Gasteiger partial charge is 0.336 e. The molecule has 43 heavy (non-hydrogen) atoms. The highest BCUT2D eigenvalue weighted by Crippen LogP contribution is 2.57. The first-order valence-corrected chi connectivity index (χ1v) is 13.7. The van der Waals surface area contributed by atoms with Gasteiger partial charge in [0.1, 0.15) is 27.8 Å². The lowest BCUT2D eigenvalue weighted by Gasteiger charge is -2.42. The van der Waals surface area contributed by atoms with Crippen LogP contribution in [-0.4, -0.2) is 65.8 Å². The number of carbonyl (C=O) groups is 3. The van der Waals surface area contributed by atoms with Gasteiger partial charge in [0, 0.05) is 40.6 Å². The molecule has 2 aliphatic heterocycles. The first-order valence-electron chi connectivity index (χ1n) is 13.4. The van der Waals surface area contributed by atoms with Crippen LogP contribution in [0.4, 0.5) is 0 Å². The standard InChI is InChI=1S/C31H32ClNO10/c1-13-9-16-24(28(34)31(13)29(35)25-20(40-6)12-21(41-7)26(32)27(25)43-31)23(22(14(2)33-16)30(36)42-8)15-10-18(38-4)19(39-5)11-17(15)37-3/h10-13,23,33H,9H2,1-8H3/t13-,23+,31+/m1/s1. The minimum Gasteiger partial charge on any atom is -0.496 e. The Hall–Kier alpha value is -4.38. The monoisotopic (exact) mass is 613 g/mol. The molecular weight excluding hydrogens is 582 g/mol. The number of ketones is 2. The number of dihydropyridines is 1. The molecule has 1 aliphatic carbocycles. The molecule has 11 nitrogen and oxygen atoms in total. The third-order valence-electron chi connectivity index (χ3n) is 8.30. The summed E-state index contributed by atoms with van der Waals surface area (Å²) in [5, 5.41) is 3.27. The van der Waals surface area contributed by atoms with E-state index in [0.717, 1.165) is 0 Å². The number of allylic oxidation sites excluding steroid dienone is 2. The van der Waals surface area contributed by atoms with Crippen LogP contribution in [-0.2, 0) is 14.3 Å². The van der Waals surface area contributed by atoms with Gasteiger partial charge in [-0.2, -0.15) is 0 Å². The summed E-state index contributed by atoms with van der Waals surface area (Å²) in [4.78, 5) is 42.6. The molecule has 2 heterocycles. The van der Waals surface area contributed by atoms with E-state index < -0.39 is 35.0 Å². The average Bonchev–Trinajstić information content (AvgIpc) is 3.33. The van der Waals surface area contributed by atoms with Crippen molar-refractivity contribution in [2.24, 2.45) is 5.92 Å². The molecule has 1 N–H and O–H groups in total. The van der Waals surface area contributed by atoms with E-state index in [1.54, 1.807) is 26.0 Å². The van der Waals surface area contributed by atoms with E-state index in [2.05, 4.69) is 5.32 Å². The number of esters is 1. The molecule has 0 aromatic heterocycles. The lowest BCUT2D eigenvalue weighted by Crippen LogP contribution is -2.58. The molecule has 0 unspecified atom stereocenters. The molecule has 12 heteroatoms. The number of halogens is 1. The maximum atomic E-state index is 14.9. The number of hydrogen-bond donors (Lipinski definition) is 1. The zero-order valence-electron chi connectivity index (χ0n) is 25.1. The number of rotatable bonds is 7. The Kier molecular flexibility index (Phi) is 7.72. The van der Waals surface area contributed by atoms with Crippen LogP contribution in [0.2, 0.25) is 5.02 Å². The second-order valence-corrected chi connectivity index (χ2v) is 10.7. The summed E-state index contributed by atoms with van der Waals surface area (Å²) in [5.74, 6) is -2.15. The highest BCUT2D eigenvalue weighted by atomic mass is 35.5.